The van der Waals surface area contributed by atoms with Gasteiger partial charge in [0.1, 0.15) is 0 Å². The molecule has 0 atom stereocenters. The first-order valence-corrected chi connectivity index (χ1v) is 7.54. The summed E-state index contributed by atoms with van der Waals surface area (Å²) < 4.78 is 5.56. The minimum Gasteiger partial charge on any atom is -0.356 e. The summed E-state index contributed by atoms with van der Waals surface area (Å²) in [5.74, 6) is 0.849. The van der Waals surface area contributed by atoms with Gasteiger partial charge in [-0.2, -0.15) is 0 Å². The van der Waals surface area contributed by atoms with Crippen LogP contribution in [0.15, 0.2) is 34.9 Å². The van der Waals surface area contributed by atoms with Crippen LogP contribution >= 0.6 is 0 Å². The molecule has 0 aliphatic heterocycles. The first kappa shape index (κ1) is 13.4. The minimum absolute atomic E-state index is 0.0467. The maximum absolute atomic E-state index is 6.00. The molecule has 1 heterocycles. The summed E-state index contributed by atoms with van der Waals surface area (Å²) in [4.78, 5) is 0. The fourth-order valence-electron chi connectivity index (χ4n) is 3.18. The van der Waals surface area contributed by atoms with Crippen molar-refractivity contribution in [2.75, 3.05) is 6.54 Å². The standard InChI is InChI=1S/C17H22N2O/c1-2-13-5-7-14(8-6-13)15-11-16(19-20-15)17(12-18)9-3-4-10-17/h5-8,11H,2-4,9-10,12,18H2,1H3. The van der Waals surface area contributed by atoms with Gasteiger partial charge >= 0.3 is 0 Å². The van der Waals surface area contributed by atoms with E-state index in [2.05, 4.69) is 42.4 Å². The number of nitrogens with two attached hydrogens (primary N) is 1. The molecule has 0 unspecified atom stereocenters. The molecule has 0 amide bonds. The Morgan fingerprint density at radius 1 is 1.20 bits per heavy atom. The van der Waals surface area contributed by atoms with Crippen LogP contribution in [0.1, 0.15) is 43.9 Å². The second kappa shape index (κ2) is 5.41. The fourth-order valence-corrected chi connectivity index (χ4v) is 3.18. The smallest absolute Gasteiger partial charge is 0.167 e. The average Bonchev–Trinajstić information content (AvgIpc) is 3.17. The number of nitrogens with zero attached hydrogens (tertiary/aromatic N) is 1. The van der Waals surface area contributed by atoms with Gasteiger partial charge in [0.2, 0.25) is 0 Å². The number of hydrogen-bond acceptors (Lipinski definition) is 3. The third-order valence-electron chi connectivity index (χ3n) is 4.65. The monoisotopic (exact) mass is 270 g/mol. The lowest BCUT2D eigenvalue weighted by molar-refractivity contribution is 0.372. The van der Waals surface area contributed by atoms with Crippen LogP contribution in [0.3, 0.4) is 0 Å². The number of hydrogen-bond donors (Lipinski definition) is 1. The highest BCUT2D eigenvalue weighted by molar-refractivity contribution is 5.58. The van der Waals surface area contributed by atoms with Crippen molar-refractivity contribution in [3.8, 4) is 11.3 Å². The molecule has 20 heavy (non-hydrogen) atoms. The van der Waals surface area contributed by atoms with Crippen LogP contribution in [0.25, 0.3) is 11.3 Å². The van der Waals surface area contributed by atoms with Crippen molar-refractivity contribution < 1.29 is 4.52 Å². The van der Waals surface area contributed by atoms with Crippen LogP contribution in [0, 0.1) is 0 Å². The van der Waals surface area contributed by atoms with Gasteiger partial charge in [0.05, 0.1) is 5.69 Å². The Morgan fingerprint density at radius 3 is 2.50 bits per heavy atom. The van der Waals surface area contributed by atoms with E-state index in [9.17, 15) is 0 Å². The maximum Gasteiger partial charge on any atom is 0.167 e. The molecule has 1 fully saturated rings. The molecular formula is C17H22N2O. The van der Waals surface area contributed by atoms with Crippen molar-refractivity contribution in [3.63, 3.8) is 0 Å². The molecule has 2 N–H and O–H groups in total. The van der Waals surface area contributed by atoms with Crippen molar-refractivity contribution in [1.82, 2.24) is 5.16 Å². The van der Waals surface area contributed by atoms with E-state index in [1.54, 1.807) is 0 Å². The molecule has 0 saturated heterocycles. The quantitative estimate of drug-likeness (QED) is 0.922. The van der Waals surface area contributed by atoms with E-state index in [0.29, 0.717) is 6.54 Å². The molecule has 3 rings (SSSR count). The zero-order valence-corrected chi connectivity index (χ0v) is 12.1. The molecular weight excluding hydrogens is 248 g/mol. The van der Waals surface area contributed by atoms with Crippen LogP contribution in [0.2, 0.25) is 0 Å². The first-order valence-electron chi connectivity index (χ1n) is 7.54. The van der Waals surface area contributed by atoms with Crippen LogP contribution < -0.4 is 5.73 Å². The molecule has 0 radical (unpaired) electrons. The molecule has 0 spiro atoms. The SMILES string of the molecule is CCc1ccc(-c2cc(C3(CN)CCCC3)no2)cc1. The average molecular weight is 270 g/mol. The number of aromatic nitrogens is 1. The second-order valence-electron chi connectivity index (χ2n) is 5.82. The molecule has 1 aliphatic rings. The fraction of sp³-hybridized carbons (Fsp3) is 0.471. The van der Waals surface area contributed by atoms with Crippen LogP contribution in [0.4, 0.5) is 0 Å². The Morgan fingerprint density at radius 2 is 1.90 bits per heavy atom. The highest BCUT2D eigenvalue weighted by Gasteiger charge is 2.37. The Labute approximate surface area is 120 Å². The summed E-state index contributed by atoms with van der Waals surface area (Å²) in [6.07, 6.45) is 5.79. The Hall–Kier alpha value is -1.61. The lowest BCUT2D eigenvalue weighted by Crippen LogP contribution is -2.32. The van der Waals surface area contributed by atoms with Crippen molar-refractivity contribution >= 4 is 0 Å². The van der Waals surface area contributed by atoms with Gasteiger partial charge in [-0.05, 0) is 24.8 Å². The maximum atomic E-state index is 6.00. The van der Waals surface area contributed by atoms with E-state index in [4.69, 9.17) is 10.3 Å². The minimum atomic E-state index is 0.0467. The van der Waals surface area contributed by atoms with Gasteiger partial charge in [-0.25, -0.2) is 0 Å². The van der Waals surface area contributed by atoms with E-state index in [-0.39, 0.29) is 5.41 Å². The lowest BCUT2D eigenvalue weighted by atomic mass is 9.82. The summed E-state index contributed by atoms with van der Waals surface area (Å²) in [5, 5.41) is 4.31. The summed E-state index contributed by atoms with van der Waals surface area (Å²) in [6, 6.07) is 10.6. The molecule has 3 nitrogen and oxygen atoms in total. The van der Waals surface area contributed by atoms with E-state index >= 15 is 0 Å². The first-order chi connectivity index (χ1) is 9.77. The molecule has 1 aromatic carbocycles. The topological polar surface area (TPSA) is 52.0 Å². The highest BCUT2D eigenvalue weighted by Crippen LogP contribution is 2.40. The molecule has 1 aliphatic carbocycles. The molecule has 106 valence electrons. The van der Waals surface area contributed by atoms with Crippen molar-refractivity contribution in [1.29, 1.82) is 0 Å². The van der Waals surface area contributed by atoms with E-state index < -0.39 is 0 Å². The lowest BCUT2D eigenvalue weighted by Gasteiger charge is -2.23. The van der Waals surface area contributed by atoms with E-state index in [0.717, 1.165) is 36.3 Å². The van der Waals surface area contributed by atoms with Gasteiger partial charge < -0.3 is 10.3 Å². The van der Waals surface area contributed by atoms with E-state index in [1.807, 2.05) is 0 Å². The number of aryl methyl sites for hydroxylation is 1. The van der Waals surface area contributed by atoms with Gasteiger partial charge in [0.15, 0.2) is 5.76 Å². The highest BCUT2D eigenvalue weighted by atomic mass is 16.5. The number of benzene rings is 1. The summed E-state index contributed by atoms with van der Waals surface area (Å²) in [7, 11) is 0. The molecule has 0 bridgehead atoms. The second-order valence-corrected chi connectivity index (χ2v) is 5.82. The zero-order chi connectivity index (χ0) is 14.0. The van der Waals surface area contributed by atoms with Gasteiger partial charge in [-0.3, -0.25) is 0 Å². The van der Waals surface area contributed by atoms with Gasteiger partial charge in [-0.1, -0.05) is 49.2 Å². The normalized spacial score (nSPS) is 17.5. The third-order valence-corrected chi connectivity index (χ3v) is 4.65. The van der Waals surface area contributed by atoms with Crippen LogP contribution in [0.5, 0.6) is 0 Å². The summed E-state index contributed by atoms with van der Waals surface area (Å²) in [6.45, 7) is 2.82. The van der Waals surface area contributed by atoms with Crippen molar-refractivity contribution in [3.05, 3.63) is 41.6 Å². The van der Waals surface area contributed by atoms with E-state index in [1.165, 1.54) is 18.4 Å². The summed E-state index contributed by atoms with van der Waals surface area (Å²) >= 11 is 0. The summed E-state index contributed by atoms with van der Waals surface area (Å²) in [5.41, 5.74) is 9.51. The van der Waals surface area contributed by atoms with Crippen LogP contribution in [-0.4, -0.2) is 11.7 Å². The Bertz CT molecular complexity index is 565. The molecule has 2 aromatic rings. The van der Waals surface area contributed by atoms with Crippen LogP contribution in [-0.2, 0) is 11.8 Å². The Balaban J connectivity index is 1.89. The van der Waals surface area contributed by atoms with Crippen molar-refractivity contribution in [2.24, 2.45) is 5.73 Å². The molecule has 1 saturated carbocycles. The van der Waals surface area contributed by atoms with Gasteiger partial charge in [0.25, 0.3) is 0 Å². The predicted octanol–water partition coefficient (Wildman–Crippen LogP) is 3.67. The zero-order valence-electron chi connectivity index (χ0n) is 12.1. The van der Waals surface area contributed by atoms with Gasteiger partial charge in [0, 0.05) is 23.6 Å². The largest absolute Gasteiger partial charge is 0.356 e. The number of rotatable bonds is 4. The molecule has 1 aromatic heterocycles. The predicted molar refractivity (Wildman–Crippen MR) is 80.5 cm³/mol. The van der Waals surface area contributed by atoms with Gasteiger partial charge in [-0.15, -0.1) is 0 Å². The molecule has 3 heteroatoms. The Kier molecular flexibility index (Phi) is 3.62. The third kappa shape index (κ3) is 2.27. The van der Waals surface area contributed by atoms with Crippen molar-refractivity contribution in [2.45, 2.75) is 44.4 Å².